The Morgan fingerprint density at radius 3 is 1.85 bits per heavy atom. The molecular formula is C13H20. The van der Waals surface area contributed by atoms with Gasteiger partial charge in [0.25, 0.3) is 0 Å². The molecule has 0 heteroatoms. The van der Waals surface area contributed by atoms with Crippen LogP contribution < -0.4 is 0 Å². The van der Waals surface area contributed by atoms with Crippen molar-refractivity contribution in [2.75, 3.05) is 0 Å². The quantitative estimate of drug-likeness (QED) is 0.647. The summed E-state index contributed by atoms with van der Waals surface area (Å²) in [4.78, 5) is 0. The molecule has 13 heavy (non-hydrogen) atoms. The van der Waals surface area contributed by atoms with Gasteiger partial charge in [-0.2, -0.15) is 0 Å². The first-order valence-corrected chi connectivity index (χ1v) is 5.26. The first-order valence-electron chi connectivity index (χ1n) is 5.26. The van der Waals surface area contributed by atoms with Gasteiger partial charge in [-0.05, 0) is 49.3 Å². The minimum atomic E-state index is 0.751. The zero-order valence-electron chi connectivity index (χ0n) is 9.22. The number of hydrogen-bond acceptors (Lipinski definition) is 0. The van der Waals surface area contributed by atoms with Gasteiger partial charge in [0.15, 0.2) is 0 Å². The van der Waals surface area contributed by atoms with Crippen molar-refractivity contribution in [3.63, 3.8) is 0 Å². The number of hydrogen-bond donors (Lipinski definition) is 0. The molecule has 0 aliphatic carbocycles. The molecule has 0 saturated heterocycles. The van der Waals surface area contributed by atoms with E-state index in [0.29, 0.717) is 0 Å². The second kappa shape index (κ2) is 4.45. The summed E-state index contributed by atoms with van der Waals surface area (Å²) in [6, 6.07) is 6.60. The fourth-order valence-electron chi connectivity index (χ4n) is 2.17. The molecule has 0 heterocycles. The Labute approximate surface area is 82.0 Å². The summed E-state index contributed by atoms with van der Waals surface area (Å²) < 4.78 is 0. The predicted octanol–water partition coefficient (Wildman–Crippen LogP) is 4.21. The lowest BCUT2D eigenvalue weighted by atomic mass is 9.87. The molecule has 0 saturated carbocycles. The van der Waals surface area contributed by atoms with Crippen LogP contribution in [0.5, 0.6) is 0 Å². The van der Waals surface area contributed by atoms with E-state index < -0.39 is 0 Å². The number of benzene rings is 1. The molecule has 0 atom stereocenters. The Morgan fingerprint density at radius 2 is 1.46 bits per heavy atom. The molecule has 0 aliphatic rings. The third kappa shape index (κ3) is 2.12. The van der Waals surface area contributed by atoms with Gasteiger partial charge >= 0.3 is 0 Å². The minimum Gasteiger partial charge on any atom is -0.0648 e. The van der Waals surface area contributed by atoms with E-state index in [1.807, 2.05) is 0 Å². The highest BCUT2D eigenvalue weighted by atomic mass is 14.2. The minimum absolute atomic E-state index is 0.751. The molecule has 1 rings (SSSR count). The van der Waals surface area contributed by atoms with Crippen molar-refractivity contribution in [2.24, 2.45) is 0 Å². The zero-order valence-corrected chi connectivity index (χ0v) is 9.22. The van der Waals surface area contributed by atoms with Crippen molar-refractivity contribution in [2.45, 2.75) is 46.5 Å². The molecule has 72 valence electrons. The van der Waals surface area contributed by atoms with Crippen molar-refractivity contribution >= 4 is 0 Å². The average Bonchev–Trinajstić information content (AvgIpc) is 2.11. The topological polar surface area (TPSA) is 0 Å². The molecule has 0 amide bonds. The van der Waals surface area contributed by atoms with Gasteiger partial charge in [-0.15, -0.1) is 0 Å². The van der Waals surface area contributed by atoms with Crippen molar-refractivity contribution < 1.29 is 0 Å². The summed E-state index contributed by atoms with van der Waals surface area (Å²) in [6.45, 7) is 9.00. The summed E-state index contributed by atoms with van der Waals surface area (Å²) in [6.07, 6.45) is 2.50. The average molecular weight is 176 g/mol. The SMILES string of the molecule is CCC(CC)c1c(C)cccc1C. The molecule has 0 unspecified atom stereocenters. The lowest BCUT2D eigenvalue weighted by molar-refractivity contribution is 0.634. The molecule has 1 aromatic carbocycles. The maximum atomic E-state index is 2.28. The second-order valence-electron chi connectivity index (χ2n) is 3.82. The molecule has 0 fully saturated rings. The summed E-state index contributed by atoms with van der Waals surface area (Å²) in [5.41, 5.74) is 4.48. The van der Waals surface area contributed by atoms with Gasteiger partial charge in [-0.25, -0.2) is 0 Å². The van der Waals surface area contributed by atoms with Gasteiger partial charge in [-0.1, -0.05) is 32.0 Å². The summed E-state index contributed by atoms with van der Waals surface area (Å²) in [5.74, 6) is 0.751. The molecule has 1 aromatic rings. The molecule has 0 aromatic heterocycles. The number of aryl methyl sites for hydroxylation is 2. The second-order valence-corrected chi connectivity index (χ2v) is 3.82. The molecule has 0 radical (unpaired) electrons. The Hall–Kier alpha value is -0.780. The van der Waals surface area contributed by atoms with Crippen LogP contribution in [-0.4, -0.2) is 0 Å². The van der Waals surface area contributed by atoms with Crippen LogP contribution in [0.2, 0.25) is 0 Å². The van der Waals surface area contributed by atoms with Gasteiger partial charge in [0.2, 0.25) is 0 Å². The zero-order chi connectivity index (χ0) is 9.84. The van der Waals surface area contributed by atoms with Gasteiger partial charge < -0.3 is 0 Å². The van der Waals surface area contributed by atoms with Gasteiger partial charge in [-0.3, -0.25) is 0 Å². The van der Waals surface area contributed by atoms with Crippen LogP contribution in [-0.2, 0) is 0 Å². The van der Waals surface area contributed by atoms with E-state index in [9.17, 15) is 0 Å². The normalized spacial score (nSPS) is 10.8. The highest BCUT2D eigenvalue weighted by molar-refractivity contribution is 5.36. The maximum absolute atomic E-state index is 2.28. The Kier molecular flexibility index (Phi) is 3.53. The predicted molar refractivity (Wildman–Crippen MR) is 59.2 cm³/mol. The first kappa shape index (κ1) is 10.3. The Balaban J connectivity index is 3.10. The molecule has 0 nitrogen and oxygen atoms in total. The third-order valence-corrected chi connectivity index (χ3v) is 2.94. The maximum Gasteiger partial charge on any atom is -0.0162 e. The molecule has 0 bridgehead atoms. The third-order valence-electron chi connectivity index (χ3n) is 2.94. The van der Waals surface area contributed by atoms with Gasteiger partial charge in [0.05, 0.1) is 0 Å². The summed E-state index contributed by atoms with van der Waals surface area (Å²) >= 11 is 0. The van der Waals surface area contributed by atoms with E-state index in [1.54, 1.807) is 5.56 Å². The molecule has 0 N–H and O–H groups in total. The standard InChI is InChI=1S/C13H20/c1-5-12(6-2)13-10(3)8-7-9-11(13)4/h7-9,12H,5-6H2,1-4H3. The highest BCUT2D eigenvalue weighted by Crippen LogP contribution is 2.28. The van der Waals surface area contributed by atoms with Crippen molar-refractivity contribution in [1.29, 1.82) is 0 Å². The first-order chi connectivity index (χ1) is 6.20. The monoisotopic (exact) mass is 176 g/mol. The van der Waals surface area contributed by atoms with E-state index >= 15 is 0 Å². The smallest absolute Gasteiger partial charge is 0.0162 e. The fourth-order valence-corrected chi connectivity index (χ4v) is 2.17. The van der Waals surface area contributed by atoms with Crippen LogP contribution in [0.4, 0.5) is 0 Å². The number of rotatable bonds is 3. The Bertz CT molecular complexity index is 249. The van der Waals surface area contributed by atoms with E-state index in [4.69, 9.17) is 0 Å². The van der Waals surface area contributed by atoms with E-state index in [0.717, 1.165) is 5.92 Å². The lowest BCUT2D eigenvalue weighted by Crippen LogP contribution is -2.01. The fraction of sp³-hybridized carbons (Fsp3) is 0.538. The van der Waals surface area contributed by atoms with Crippen LogP contribution >= 0.6 is 0 Å². The van der Waals surface area contributed by atoms with E-state index in [-0.39, 0.29) is 0 Å². The summed E-state index contributed by atoms with van der Waals surface area (Å²) in [5, 5.41) is 0. The molecule has 0 spiro atoms. The molecular weight excluding hydrogens is 156 g/mol. The van der Waals surface area contributed by atoms with E-state index in [1.165, 1.54) is 24.0 Å². The van der Waals surface area contributed by atoms with Crippen LogP contribution in [0.25, 0.3) is 0 Å². The summed E-state index contributed by atoms with van der Waals surface area (Å²) in [7, 11) is 0. The largest absolute Gasteiger partial charge is 0.0648 e. The van der Waals surface area contributed by atoms with Crippen LogP contribution in [0.3, 0.4) is 0 Å². The lowest BCUT2D eigenvalue weighted by Gasteiger charge is -2.18. The van der Waals surface area contributed by atoms with Crippen LogP contribution in [0.1, 0.15) is 49.3 Å². The van der Waals surface area contributed by atoms with Crippen LogP contribution in [0, 0.1) is 13.8 Å². The van der Waals surface area contributed by atoms with Crippen LogP contribution in [0.15, 0.2) is 18.2 Å². The Morgan fingerprint density at radius 1 is 1.00 bits per heavy atom. The highest BCUT2D eigenvalue weighted by Gasteiger charge is 2.11. The van der Waals surface area contributed by atoms with E-state index in [2.05, 4.69) is 45.9 Å². The van der Waals surface area contributed by atoms with Crippen molar-refractivity contribution in [1.82, 2.24) is 0 Å². The van der Waals surface area contributed by atoms with Crippen molar-refractivity contribution in [3.05, 3.63) is 34.9 Å². The van der Waals surface area contributed by atoms with Crippen molar-refractivity contribution in [3.8, 4) is 0 Å². The molecule has 0 aliphatic heterocycles. The van der Waals surface area contributed by atoms with Gasteiger partial charge in [0, 0.05) is 0 Å². The van der Waals surface area contributed by atoms with Gasteiger partial charge in [0.1, 0.15) is 0 Å².